The number of nitrogens with zero attached hydrogens (tertiary/aromatic N) is 4. The maximum atomic E-state index is 13.7. The van der Waals surface area contributed by atoms with Gasteiger partial charge < -0.3 is 43.4 Å². The summed E-state index contributed by atoms with van der Waals surface area (Å²) in [6.45, 7) is 5.21. The van der Waals surface area contributed by atoms with E-state index in [2.05, 4.69) is 53.5 Å². The van der Waals surface area contributed by atoms with Crippen LogP contribution in [0.5, 0.6) is 0 Å². The lowest BCUT2D eigenvalue weighted by atomic mass is 9.90. The maximum absolute atomic E-state index is 13.7. The molecule has 6 atom stereocenters. The first kappa shape index (κ1) is 54.6. The topological polar surface area (TPSA) is 375 Å². The average molecular weight is 952 g/mol. The predicted molar refractivity (Wildman–Crippen MR) is 250 cm³/mol. The Morgan fingerprint density at radius 3 is 2.01 bits per heavy atom. The summed E-state index contributed by atoms with van der Waals surface area (Å²) in [6.07, 6.45) is 0.409. The molecule has 0 fully saturated rings. The monoisotopic (exact) mass is 951 g/mol. The van der Waals surface area contributed by atoms with Crippen LogP contribution in [0.15, 0.2) is 40.2 Å². The number of aliphatic carboxylic acids is 2. The molecule has 3 aromatic rings. The number of benzene rings is 1. The molecule has 1 aromatic carbocycles. The van der Waals surface area contributed by atoms with Crippen LogP contribution < -0.4 is 38.7 Å². The van der Waals surface area contributed by atoms with Gasteiger partial charge in [0.05, 0.1) is 36.8 Å². The van der Waals surface area contributed by atoms with E-state index < -0.39 is 90.0 Å². The van der Waals surface area contributed by atoms with Gasteiger partial charge in [0.25, 0.3) is 5.56 Å². The molecule has 0 unspecified atom stereocenters. The molecular weight excluding hydrogens is 891 g/mol. The van der Waals surface area contributed by atoms with E-state index in [0.29, 0.717) is 29.9 Å². The van der Waals surface area contributed by atoms with E-state index in [4.69, 9.17) is 17.2 Å². The molecule has 23 heteroatoms. The van der Waals surface area contributed by atoms with E-state index in [1.54, 1.807) is 45.0 Å². The summed E-state index contributed by atoms with van der Waals surface area (Å²) in [5, 5.41) is 26.8. The molecule has 0 radical (unpaired) electrons. The van der Waals surface area contributed by atoms with Crippen LogP contribution in [0.2, 0.25) is 0 Å². The van der Waals surface area contributed by atoms with E-state index in [1.807, 2.05) is 0 Å². The number of thiol groups is 1. The number of rotatable bonds is 30. The van der Waals surface area contributed by atoms with Crippen molar-refractivity contribution in [2.75, 3.05) is 18.0 Å². The quantitative estimate of drug-likeness (QED) is 0.0147. The summed E-state index contributed by atoms with van der Waals surface area (Å²) < 4.78 is 0. The Morgan fingerprint density at radius 2 is 1.42 bits per heavy atom. The van der Waals surface area contributed by atoms with Gasteiger partial charge in [-0.1, -0.05) is 38.1 Å². The first-order chi connectivity index (χ1) is 31.7. The highest BCUT2D eigenvalue weighted by Crippen LogP contribution is 2.20. The second kappa shape index (κ2) is 27.0. The molecule has 0 aliphatic rings. The number of anilines is 1. The van der Waals surface area contributed by atoms with Crippen molar-refractivity contribution in [3.63, 3.8) is 0 Å². The standard InChI is InChI=1S/C44H61N11O11S/c1-4-26(40(64)50-24(3)22-67)17-33(57)31(20-37(62)63)53-41(65)28(6-5-15-48-43(45)46)18-34(58)30(19-36(60)61)52-35(59)14-7-23(2)16-32(56)27-11-8-25(9-12-27)10-13-29-21-49-39-38(51-29)42(66)55-44(47)54-39/h8-9,11-12,21,23-24,26,28,30-31,67H,4-7,10,13-20,22H2,1-3H3,(H,50,64)(H,52,59)(H,53,65)(H,60,61)(H,62,63)(H4,45,46,48)(H3,47,49,54,55,66)/t23-,24+,26+,28-,30+,31+/m0/s1. The molecule has 0 saturated carbocycles. The number of H-pyrrole nitrogens is 1. The van der Waals surface area contributed by atoms with Gasteiger partial charge in [0.15, 0.2) is 34.5 Å². The molecule has 2 heterocycles. The van der Waals surface area contributed by atoms with Crippen molar-refractivity contribution in [3.8, 4) is 0 Å². The second-order valence-corrected chi connectivity index (χ2v) is 16.9. The normalized spacial score (nSPS) is 13.8. The average Bonchev–Trinajstić information content (AvgIpc) is 3.26. The van der Waals surface area contributed by atoms with Crippen molar-refractivity contribution >= 4 is 82.7 Å². The Balaban J connectivity index is 1.62. The number of aliphatic imine (C=N–C) groups is 1. The van der Waals surface area contributed by atoms with Gasteiger partial charge in [-0.25, -0.2) is 9.97 Å². The zero-order valence-corrected chi connectivity index (χ0v) is 38.7. The molecule has 0 saturated heterocycles. The van der Waals surface area contributed by atoms with Gasteiger partial charge in [-0.3, -0.25) is 53.1 Å². The third-order valence-corrected chi connectivity index (χ3v) is 11.4. The highest BCUT2D eigenvalue weighted by Gasteiger charge is 2.33. The molecule has 0 bridgehead atoms. The van der Waals surface area contributed by atoms with Crippen molar-refractivity contribution in [1.29, 1.82) is 0 Å². The largest absolute Gasteiger partial charge is 0.481 e. The summed E-state index contributed by atoms with van der Waals surface area (Å²) >= 11 is 4.14. The number of nitrogens with one attached hydrogen (secondary N) is 4. The number of ketones is 3. The van der Waals surface area contributed by atoms with Crippen LogP contribution in [0.4, 0.5) is 5.95 Å². The second-order valence-electron chi connectivity index (χ2n) is 16.5. The lowest BCUT2D eigenvalue weighted by molar-refractivity contribution is -0.141. The van der Waals surface area contributed by atoms with Crippen molar-refractivity contribution < 1.29 is 48.6 Å². The zero-order valence-electron chi connectivity index (χ0n) is 37.8. The van der Waals surface area contributed by atoms with Gasteiger partial charge in [-0.05, 0) is 56.9 Å². The van der Waals surface area contributed by atoms with Crippen LogP contribution in [-0.4, -0.2) is 114 Å². The Labute approximate surface area is 391 Å². The van der Waals surface area contributed by atoms with Crippen LogP contribution in [0.25, 0.3) is 11.2 Å². The van der Waals surface area contributed by atoms with E-state index in [1.165, 1.54) is 6.20 Å². The van der Waals surface area contributed by atoms with Gasteiger partial charge in [-0.2, -0.15) is 17.6 Å². The minimum Gasteiger partial charge on any atom is -0.481 e. The fourth-order valence-corrected chi connectivity index (χ4v) is 7.09. The number of fused-ring (bicyclic) bond motifs is 1. The molecule has 0 aliphatic heterocycles. The first-order valence-corrected chi connectivity index (χ1v) is 22.5. The molecule has 0 spiro atoms. The molecule has 12 N–H and O–H groups in total. The van der Waals surface area contributed by atoms with E-state index in [-0.39, 0.29) is 92.3 Å². The molecule has 364 valence electrons. The number of guanidine groups is 1. The number of aromatic nitrogens is 4. The van der Waals surface area contributed by atoms with Crippen LogP contribution in [0.1, 0.15) is 107 Å². The minimum atomic E-state index is -1.57. The number of aryl methyl sites for hydroxylation is 2. The number of Topliss-reactive ketones (excluding diaryl/α,β-unsaturated/α-hetero) is 3. The van der Waals surface area contributed by atoms with Gasteiger partial charge in [0.1, 0.15) is 0 Å². The van der Waals surface area contributed by atoms with Crippen molar-refractivity contribution in [3.05, 3.63) is 57.6 Å². The maximum Gasteiger partial charge on any atom is 0.305 e. The Bertz CT molecular complexity index is 2340. The summed E-state index contributed by atoms with van der Waals surface area (Å²) in [4.78, 5) is 134. The number of amides is 3. The molecule has 22 nitrogen and oxygen atoms in total. The molecule has 0 aliphatic carbocycles. The number of hydrogen-bond acceptors (Lipinski definition) is 15. The number of hydrogen-bond donors (Lipinski definition) is 10. The zero-order chi connectivity index (χ0) is 49.8. The summed E-state index contributed by atoms with van der Waals surface area (Å²) in [5.41, 5.74) is 18.1. The summed E-state index contributed by atoms with van der Waals surface area (Å²) in [7, 11) is 0. The number of nitrogens with two attached hydrogens (primary N) is 3. The third kappa shape index (κ3) is 18.9. The smallest absolute Gasteiger partial charge is 0.305 e. The highest BCUT2D eigenvalue weighted by molar-refractivity contribution is 7.80. The lowest BCUT2D eigenvalue weighted by Crippen LogP contribution is -2.48. The van der Waals surface area contributed by atoms with Gasteiger partial charge in [0.2, 0.25) is 23.7 Å². The number of carboxylic acid groups (broad SMARTS) is 2. The Kier molecular flexibility index (Phi) is 22.0. The SMILES string of the molecule is CC[C@H](CC(=O)[C@@H](CC(=O)O)NC(=O)[C@@H](CCCN=C(N)N)CC(=O)[C@@H](CC(=O)O)NC(=O)CC[C@H](C)CC(=O)c1ccc(CCc2cnc3nc(N)[nH]c(=O)c3n2)cc1)C(=O)N[C@H](C)CS. The van der Waals surface area contributed by atoms with Crippen LogP contribution in [0, 0.1) is 17.8 Å². The Morgan fingerprint density at radius 1 is 0.806 bits per heavy atom. The van der Waals surface area contributed by atoms with E-state index >= 15 is 0 Å². The molecule has 2 aromatic heterocycles. The fourth-order valence-electron chi connectivity index (χ4n) is 7.00. The van der Waals surface area contributed by atoms with E-state index in [9.17, 15) is 53.4 Å². The summed E-state index contributed by atoms with van der Waals surface area (Å²) in [6, 6.07) is 3.57. The minimum absolute atomic E-state index is 0.0418. The van der Waals surface area contributed by atoms with Gasteiger partial charge >= 0.3 is 11.9 Å². The van der Waals surface area contributed by atoms with E-state index in [0.717, 1.165) is 5.56 Å². The van der Waals surface area contributed by atoms with Gasteiger partial charge in [0, 0.05) is 61.4 Å². The number of carbonyl (C=O) groups is 8. The molecule has 3 rings (SSSR count). The predicted octanol–water partition coefficient (Wildman–Crippen LogP) is 1.04. The third-order valence-electron chi connectivity index (χ3n) is 10.8. The lowest BCUT2D eigenvalue weighted by Gasteiger charge is -2.24. The summed E-state index contributed by atoms with van der Waals surface area (Å²) in [5.74, 6) is -8.81. The van der Waals surface area contributed by atoms with Crippen LogP contribution in [-0.2, 0) is 46.4 Å². The molecule has 3 amide bonds. The molecule has 67 heavy (non-hydrogen) atoms. The molecular formula is C44H61N11O11S. The number of aromatic amines is 1. The fraction of sp³-hybridized carbons (Fsp3) is 0.523. The number of carboxylic acids is 2. The van der Waals surface area contributed by atoms with Gasteiger partial charge in [-0.15, -0.1) is 0 Å². The van der Waals surface area contributed by atoms with Crippen molar-refractivity contribution in [2.45, 2.75) is 116 Å². The first-order valence-electron chi connectivity index (χ1n) is 21.9. The highest BCUT2D eigenvalue weighted by atomic mass is 32.1. The van der Waals surface area contributed by atoms with Crippen molar-refractivity contribution in [2.24, 2.45) is 34.2 Å². The number of carbonyl (C=O) groups excluding carboxylic acids is 6. The van der Waals surface area contributed by atoms with Crippen molar-refractivity contribution in [1.82, 2.24) is 35.9 Å². The van der Waals surface area contributed by atoms with Crippen LogP contribution in [0.3, 0.4) is 0 Å². The van der Waals surface area contributed by atoms with Crippen LogP contribution >= 0.6 is 12.6 Å². The Hall–Kier alpha value is -6.78. The number of nitrogen functional groups attached to an aromatic ring is 1.